The van der Waals surface area contributed by atoms with Crippen molar-refractivity contribution in [1.29, 1.82) is 0 Å². The van der Waals surface area contributed by atoms with Gasteiger partial charge in [-0.25, -0.2) is 17.6 Å². The van der Waals surface area contributed by atoms with Crippen LogP contribution < -0.4 is 0 Å². The van der Waals surface area contributed by atoms with Crippen LogP contribution >= 0.6 is 0 Å². The largest absolute Gasteiger partial charge is 0.480 e. The summed E-state index contributed by atoms with van der Waals surface area (Å²) in [7, 11) is 0. The molecule has 1 unspecified atom stereocenters. The topological polar surface area (TPSA) is 37.3 Å². The fraction of sp³-hybridized carbons (Fsp3) is 0.364. The highest BCUT2D eigenvalue weighted by Gasteiger charge is 2.79. The van der Waals surface area contributed by atoms with Crippen LogP contribution in [0.25, 0.3) is 0 Å². The standard InChI is InChI=1S/C11H8F4O2/c1-5-2-6(12)8(7(13)3-5)10(9(16)17)4-11(10,14)15/h2-3H,4H2,1H3,(H,16,17). The Morgan fingerprint density at radius 1 is 1.29 bits per heavy atom. The van der Waals surface area contributed by atoms with Crippen molar-refractivity contribution in [3.05, 3.63) is 34.9 Å². The molecule has 0 aliphatic heterocycles. The number of aliphatic carboxylic acids is 1. The Kier molecular flexibility index (Phi) is 2.24. The smallest absolute Gasteiger partial charge is 0.320 e. The number of rotatable bonds is 2. The number of halogens is 4. The second-order valence-corrected chi connectivity index (χ2v) is 4.20. The number of aryl methyl sites for hydroxylation is 1. The second kappa shape index (κ2) is 3.21. The van der Waals surface area contributed by atoms with E-state index in [9.17, 15) is 22.4 Å². The van der Waals surface area contributed by atoms with Crippen LogP contribution in [0.5, 0.6) is 0 Å². The molecule has 17 heavy (non-hydrogen) atoms. The maximum Gasteiger partial charge on any atom is 0.320 e. The average Bonchev–Trinajstić information content (AvgIpc) is 2.68. The minimum Gasteiger partial charge on any atom is -0.480 e. The van der Waals surface area contributed by atoms with Gasteiger partial charge < -0.3 is 5.11 Å². The number of carboxylic acids is 1. The molecule has 0 bridgehead atoms. The van der Waals surface area contributed by atoms with Gasteiger partial charge in [0.15, 0.2) is 5.41 Å². The first kappa shape index (κ1) is 11.9. The normalized spacial score (nSPS) is 25.7. The molecule has 1 aromatic carbocycles. The van der Waals surface area contributed by atoms with E-state index in [2.05, 4.69) is 0 Å². The SMILES string of the molecule is Cc1cc(F)c(C2(C(=O)O)CC2(F)F)c(F)c1. The van der Waals surface area contributed by atoms with Crippen LogP contribution in [0.4, 0.5) is 17.6 Å². The van der Waals surface area contributed by atoms with Gasteiger partial charge in [0.25, 0.3) is 5.92 Å². The Morgan fingerprint density at radius 3 is 2.00 bits per heavy atom. The molecule has 0 aromatic heterocycles. The third-order valence-corrected chi connectivity index (χ3v) is 2.96. The Hall–Kier alpha value is -1.59. The third-order valence-electron chi connectivity index (χ3n) is 2.96. The van der Waals surface area contributed by atoms with Gasteiger partial charge in [0.05, 0.1) is 0 Å². The zero-order valence-corrected chi connectivity index (χ0v) is 8.73. The molecule has 1 aromatic rings. The van der Waals surface area contributed by atoms with Crippen molar-refractivity contribution in [1.82, 2.24) is 0 Å². The van der Waals surface area contributed by atoms with Crippen molar-refractivity contribution in [3.8, 4) is 0 Å². The Balaban J connectivity index is 2.66. The Bertz CT molecular complexity index is 489. The lowest BCUT2D eigenvalue weighted by atomic mass is 9.93. The number of carboxylic acid groups (broad SMARTS) is 1. The Labute approximate surface area is 93.9 Å². The zero-order chi connectivity index (χ0) is 13.0. The molecule has 2 rings (SSSR count). The molecule has 0 radical (unpaired) electrons. The van der Waals surface area contributed by atoms with Crippen molar-refractivity contribution in [3.63, 3.8) is 0 Å². The molecule has 0 heterocycles. The Morgan fingerprint density at radius 2 is 1.71 bits per heavy atom. The highest BCUT2D eigenvalue weighted by atomic mass is 19.3. The molecule has 1 fully saturated rings. The van der Waals surface area contributed by atoms with E-state index in [0.717, 1.165) is 12.1 Å². The minimum absolute atomic E-state index is 0.202. The monoisotopic (exact) mass is 248 g/mol. The van der Waals surface area contributed by atoms with Gasteiger partial charge in [0, 0.05) is 12.0 Å². The summed E-state index contributed by atoms with van der Waals surface area (Å²) in [6.45, 7) is 1.38. The van der Waals surface area contributed by atoms with Gasteiger partial charge >= 0.3 is 5.97 Å². The summed E-state index contributed by atoms with van der Waals surface area (Å²) in [6.07, 6.45) is -1.08. The number of carbonyl (C=O) groups is 1. The number of alkyl halides is 2. The van der Waals surface area contributed by atoms with E-state index in [4.69, 9.17) is 5.11 Å². The molecular formula is C11H8F4O2. The molecule has 2 nitrogen and oxygen atoms in total. The minimum atomic E-state index is -3.62. The van der Waals surface area contributed by atoms with Crippen LogP contribution in [-0.2, 0) is 10.2 Å². The van der Waals surface area contributed by atoms with Crippen molar-refractivity contribution in [2.75, 3.05) is 0 Å². The molecule has 1 aliphatic rings. The van der Waals surface area contributed by atoms with Crippen molar-refractivity contribution in [2.24, 2.45) is 0 Å². The molecule has 6 heteroatoms. The number of benzene rings is 1. The first-order valence-corrected chi connectivity index (χ1v) is 4.80. The quantitative estimate of drug-likeness (QED) is 0.817. The summed E-state index contributed by atoms with van der Waals surface area (Å²) in [5, 5.41) is 8.80. The summed E-state index contributed by atoms with van der Waals surface area (Å²) >= 11 is 0. The third kappa shape index (κ3) is 1.43. The summed E-state index contributed by atoms with van der Waals surface area (Å²) in [5.74, 6) is -8.02. The van der Waals surface area contributed by atoms with Crippen LogP contribution in [0.15, 0.2) is 12.1 Å². The van der Waals surface area contributed by atoms with Gasteiger partial charge in [0.2, 0.25) is 0 Å². The van der Waals surface area contributed by atoms with Crippen LogP contribution in [0, 0.1) is 18.6 Å². The van der Waals surface area contributed by atoms with E-state index in [1.54, 1.807) is 0 Å². The lowest BCUT2D eigenvalue weighted by Crippen LogP contribution is -2.29. The van der Waals surface area contributed by atoms with Gasteiger partial charge in [-0.15, -0.1) is 0 Å². The molecule has 1 saturated carbocycles. The second-order valence-electron chi connectivity index (χ2n) is 4.20. The molecule has 1 atom stereocenters. The molecule has 92 valence electrons. The maximum absolute atomic E-state index is 13.5. The van der Waals surface area contributed by atoms with Crippen LogP contribution in [0.3, 0.4) is 0 Å². The summed E-state index contributed by atoms with van der Waals surface area (Å²) in [4.78, 5) is 10.9. The highest BCUT2D eigenvalue weighted by molar-refractivity contribution is 5.88. The lowest BCUT2D eigenvalue weighted by molar-refractivity contribution is -0.143. The number of hydrogen-bond donors (Lipinski definition) is 1. The maximum atomic E-state index is 13.5. The molecule has 0 saturated heterocycles. The van der Waals surface area contributed by atoms with E-state index in [0.29, 0.717) is 0 Å². The molecule has 1 aliphatic carbocycles. The van der Waals surface area contributed by atoms with E-state index >= 15 is 0 Å². The van der Waals surface area contributed by atoms with Gasteiger partial charge in [0.1, 0.15) is 11.6 Å². The summed E-state index contributed by atoms with van der Waals surface area (Å²) in [5.41, 5.74) is -3.61. The fourth-order valence-corrected chi connectivity index (χ4v) is 2.01. The molecule has 0 amide bonds. The predicted octanol–water partition coefficient (Wildman–Crippen LogP) is 2.63. The van der Waals surface area contributed by atoms with Crippen LogP contribution in [0.1, 0.15) is 17.5 Å². The van der Waals surface area contributed by atoms with E-state index < -0.39 is 40.9 Å². The van der Waals surface area contributed by atoms with Gasteiger partial charge in [-0.05, 0) is 24.6 Å². The van der Waals surface area contributed by atoms with E-state index in [-0.39, 0.29) is 5.56 Å². The summed E-state index contributed by atoms with van der Waals surface area (Å²) < 4.78 is 53.3. The fourth-order valence-electron chi connectivity index (χ4n) is 2.01. The lowest BCUT2D eigenvalue weighted by Gasteiger charge is -2.14. The number of hydrogen-bond acceptors (Lipinski definition) is 1. The molecular weight excluding hydrogens is 240 g/mol. The van der Waals surface area contributed by atoms with E-state index in [1.165, 1.54) is 6.92 Å². The van der Waals surface area contributed by atoms with Gasteiger partial charge in [-0.1, -0.05) is 0 Å². The van der Waals surface area contributed by atoms with Crippen molar-refractivity contribution < 1.29 is 27.5 Å². The molecule has 1 N–H and O–H groups in total. The summed E-state index contributed by atoms with van der Waals surface area (Å²) in [6, 6.07) is 1.69. The van der Waals surface area contributed by atoms with Crippen molar-refractivity contribution >= 4 is 5.97 Å². The van der Waals surface area contributed by atoms with Crippen LogP contribution in [-0.4, -0.2) is 17.0 Å². The first-order chi connectivity index (χ1) is 7.72. The predicted molar refractivity (Wildman–Crippen MR) is 50.0 cm³/mol. The first-order valence-electron chi connectivity index (χ1n) is 4.80. The van der Waals surface area contributed by atoms with Crippen LogP contribution in [0.2, 0.25) is 0 Å². The highest BCUT2D eigenvalue weighted by Crippen LogP contribution is 2.62. The van der Waals surface area contributed by atoms with E-state index in [1.807, 2.05) is 0 Å². The zero-order valence-electron chi connectivity index (χ0n) is 8.73. The average molecular weight is 248 g/mol. The molecule has 0 spiro atoms. The van der Waals surface area contributed by atoms with Gasteiger partial charge in [-0.3, -0.25) is 4.79 Å². The van der Waals surface area contributed by atoms with Crippen molar-refractivity contribution in [2.45, 2.75) is 24.7 Å². The van der Waals surface area contributed by atoms with Gasteiger partial charge in [-0.2, -0.15) is 0 Å².